The highest BCUT2D eigenvalue weighted by Crippen LogP contribution is 2.12. The summed E-state index contributed by atoms with van der Waals surface area (Å²) in [5.41, 5.74) is 1.14. The van der Waals surface area contributed by atoms with Crippen LogP contribution in [-0.4, -0.2) is 30.0 Å². The van der Waals surface area contributed by atoms with E-state index in [9.17, 15) is 9.59 Å². The second-order valence-electron chi connectivity index (χ2n) is 4.65. The first-order valence-corrected chi connectivity index (χ1v) is 7.60. The highest BCUT2D eigenvalue weighted by atomic mass is 35.5. The van der Waals surface area contributed by atoms with Crippen LogP contribution in [0, 0.1) is 0 Å². The van der Waals surface area contributed by atoms with Crippen molar-refractivity contribution in [1.29, 1.82) is 0 Å². The van der Waals surface area contributed by atoms with Crippen molar-refractivity contribution in [3.8, 4) is 0 Å². The molecule has 0 aliphatic carbocycles. The molecular weight excluding hydrogens is 339 g/mol. The molecule has 1 N–H and O–H groups in total. The molecule has 0 saturated carbocycles. The van der Waals surface area contributed by atoms with Gasteiger partial charge in [-0.25, -0.2) is 9.78 Å². The number of aromatic nitrogens is 1. The number of halogens is 2. The largest absolute Gasteiger partial charge is 0.452 e. The van der Waals surface area contributed by atoms with Crippen LogP contribution >= 0.6 is 23.2 Å². The van der Waals surface area contributed by atoms with Crippen molar-refractivity contribution in [2.75, 3.05) is 13.2 Å². The third-order valence-corrected chi connectivity index (χ3v) is 3.47. The summed E-state index contributed by atoms with van der Waals surface area (Å²) in [6, 6.07) is 10.4. The molecule has 0 atom stereocenters. The van der Waals surface area contributed by atoms with Gasteiger partial charge in [0, 0.05) is 17.8 Å². The van der Waals surface area contributed by atoms with Crippen molar-refractivity contribution in [1.82, 2.24) is 10.3 Å². The lowest BCUT2D eigenvalue weighted by atomic mass is 10.1. The fraction of sp³-hybridized carbons (Fsp3) is 0.188. The Hall–Kier alpha value is -2.11. The Balaban J connectivity index is 1.73. The average molecular weight is 353 g/mol. The molecule has 5 nitrogen and oxygen atoms in total. The maximum absolute atomic E-state index is 11.8. The normalized spacial score (nSPS) is 10.2. The van der Waals surface area contributed by atoms with Crippen molar-refractivity contribution >= 4 is 35.1 Å². The molecule has 7 heteroatoms. The monoisotopic (exact) mass is 352 g/mol. The second kappa shape index (κ2) is 8.50. The minimum atomic E-state index is -0.687. The Morgan fingerprint density at radius 2 is 2.00 bits per heavy atom. The van der Waals surface area contributed by atoms with Crippen LogP contribution in [0.25, 0.3) is 0 Å². The van der Waals surface area contributed by atoms with Crippen LogP contribution in [0.4, 0.5) is 0 Å². The van der Waals surface area contributed by atoms with Gasteiger partial charge in [0.25, 0.3) is 5.91 Å². The smallest absolute Gasteiger partial charge is 0.341 e. The van der Waals surface area contributed by atoms with Gasteiger partial charge >= 0.3 is 5.97 Å². The molecule has 0 bridgehead atoms. The quantitative estimate of drug-likeness (QED) is 0.641. The maximum Gasteiger partial charge on any atom is 0.341 e. The van der Waals surface area contributed by atoms with Gasteiger partial charge in [0.15, 0.2) is 6.61 Å². The summed E-state index contributed by atoms with van der Waals surface area (Å²) in [4.78, 5) is 27.2. The molecule has 0 saturated heterocycles. The summed E-state index contributed by atoms with van der Waals surface area (Å²) in [5, 5.41) is 3.35. The Labute approximate surface area is 143 Å². The first-order valence-electron chi connectivity index (χ1n) is 6.85. The number of benzene rings is 1. The van der Waals surface area contributed by atoms with Gasteiger partial charge in [-0.1, -0.05) is 35.3 Å². The molecule has 1 aromatic heterocycles. The fourth-order valence-corrected chi connectivity index (χ4v) is 2.25. The van der Waals surface area contributed by atoms with Crippen LogP contribution in [0.5, 0.6) is 0 Å². The summed E-state index contributed by atoms with van der Waals surface area (Å²) < 4.78 is 4.90. The molecule has 120 valence electrons. The van der Waals surface area contributed by atoms with Crippen molar-refractivity contribution in [2.24, 2.45) is 0 Å². The number of carbonyl (C=O) groups is 2. The lowest BCUT2D eigenvalue weighted by Gasteiger charge is -2.07. The molecule has 23 heavy (non-hydrogen) atoms. The molecule has 1 heterocycles. The van der Waals surface area contributed by atoms with Crippen LogP contribution in [0.3, 0.4) is 0 Å². The molecule has 0 unspecified atom stereocenters. The van der Waals surface area contributed by atoms with Crippen LogP contribution in [0.2, 0.25) is 10.2 Å². The third-order valence-electron chi connectivity index (χ3n) is 2.94. The third kappa shape index (κ3) is 5.54. The van der Waals surface area contributed by atoms with Crippen LogP contribution < -0.4 is 5.32 Å². The molecule has 1 aromatic carbocycles. The first kappa shape index (κ1) is 17.2. The van der Waals surface area contributed by atoms with Crippen molar-refractivity contribution in [3.05, 3.63) is 63.9 Å². The average Bonchev–Trinajstić information content (AvgIpc) is 2.53. The van der Waals surface area contributed by atoms with Gasteiger partial charge in [-0.05, 0) is 36.2 Å². The number of pyridine rings is 1. The summed E-state index contributed by atoms with van der Waals surface area (Å²) in [6.45, 7) is 0.0456. The highest BCUT2D eigenvalue weighted by molar-refractivity contribution is 6.32. The lowest BCUT2D eigenvalue weighted by Crippen LogP contribution is -2.30. The van der Waals surface area contributed by atoms with E-state index in [1.807, 2.05) is 18.2 Å². The predicted molar refractivity (Wildman–Crippen MR) is 87.7 cm³/mol. The maximum atomic E-state index is 11.8. The van der Waals surface area contributed by atoms with Crippen LogP contribution in [-0.2, 0) is 16.0 Å². The molecular formula is C16H14Cl2N2O3. The van der Waals surface area contributed by atoms with E-state index >= 15 is 0 Å². The number of amides is 1. The molecule has 1 amide bonds. The summed E-state index contributed by atoms with van der Waals surface area (Å²) in [5.74, 6) is -1.08. The van der Waals surface area contributed by atoms with E-state index in [4.69, 9.17) is 27.9 Å². The minimum Gasteiger partial charge on any atom is -0.452 e. The standard InChI is InChI=1S/C16H14Cl2N2O3/c17-12-4-1-3-11(9-12)6-8-19-14(21)10-23-16(22)13-5-2-7-20-15(13)18/h1-5,7,9H,6,8,10H2,(H,19,21). The van der Waals surface area contributed by atoms with E-state index in [0.29, 0.717) is 18.0 Å². The van der Waals surface area contributed by atoms with Gasteiger partial charge in [0.1, 0.15) is 5.15 Å². The number of carbonyl (C=O) groups excluding carboxylic acids is 2. The molecule has 0 spiro atoms. The van der Waals surface area contributed by atoms with E-state index in [0.717, 1.165) is 5.56 Å². The number of hydrogen-bond donors (Lipinski definition) is 1. The number of nitrogens with zero attached hydrogens (tertiary/aromatic N) is 1. The first-order chi connectivity index (χ1) is 11.1. The van der Waals surface area contributed by atoms with Gasteiger partial charge in [-0.15, -0.1) is 0 Å². The number of hydrogen-bond acceptors (Lipinski definition) is 4. The molecule has 0 radical (unpaired) electrons. The van der Waals surface area contributed by atoms with Gasteiger partial charge < -0.3 is 10.1 Å². The van der Waals surface area contributed by atoms with E-state index in [1.165, 1.54) is 12.3 Å². The van der Waals surface area contributed by atoms with Crippen molar-refractivity contribution in [2.45, 2.75) is 6.42 Å². The van der Waals surface area contributed by atoms with Crippen LogP contribution in [0.15, 0.2) is 42.6 Å². The molecule has 0 aliphatic heterocycles. The van der Waals surface area contributed by atoms with Crippen LogP contribution in [0.1, 0.15) is 15.9 Å². The number of ether oxygens (including phenoxy) is 1. The zero-order valence-electron chi connectivity index (χ0n) is 12.1. The zero-order chi connectivity index (χ0) is 16.7. The van der Waals surface area contributed by atoms with Gasteiger partial charge in [-0.3, -0.25) is 4.79 Å². The Bertz CT molecular complexity index is 707. The summed E-state index contributed by atoms with van der Waals surface area (Å²) in [7, 11) is 0. The zero-order valence-corrected chi connectivity index (χ0v) is 13.6. The fourth-order valence-electron chi connectivity index (χ4n) is 1.84. The Morgan fingerprint density at radius 1 is 1.17 bits per heavy atom. The molecule has 0 aliphatic rings. The Kier molecular flexibility index (Phi) is 6.38. The summed E-state index contributed by atoms with van der Waals surface area (Å²) >= 11 is 11.7. The summed E-state index contributed by atoms with van der Waals surface area (Å²) in [6.07, 6.45) is 2.09. The minimum absolute atomic E-state index is 0.0406. The highest BCUT2D eigenvalue weighted by Gasteiger charge is 2.13. The molecule has 2 rings (SSSR count). The van der Waals surface area contributed by atoms with Crippen molar-refractivity contribution < 1.29 is 14.3 Å². The second-order valence-corrected chi connectivity index (χ2v) is 5.44. The van der Waals surface area contributed by atoms with Gasteiger partial charge in [0.05, 0.1) is 5.56 Å². The SMILES string of the molecule is O=C(COC(=O)c1cccnc1Cl)NCCc1cccc(Cl)c1. The predicted octanol–water partition coefficient (Wildman–Crippen LogP) is 2.90. The van der Waals surface area contributed by atoms with E-state index in [-0.39, 0.29) is 23.2 Å². The van der Waals surface area contributed by atoms with Gasteiger partial charge in [-0.2, -0.15) is 0 Å². The van der Waals surface area contributed by atoms with E-state index < -0.39 is 5.97 Å². The van der Waals surface area contributed by atoms with Gasteiger partial charge in [0.2, 0.25) is 0 Å². The number of nitrogens with one attached hydrogen (secondary N) is 1. The van der Waals surface area contributed by atoms with E-state index in [2.05, 4.69) is 10.3 Å². The van der Waals surface area contributed by atoms with Crippen molar-refractivity contribution in [3.63, 3.8) is 0 Å². The lowest BCUT2D eigenvalue weighted by molar-refractivity contribution is -0.124. The number of esters is 1. The number of rotatable bonds is 6. The Morgan fingerprint density at radius 3 is 2.74 bits per heavy atom. The molecule has 0 fully saturated rings. The molecule has 2 aromatic rings. The van der Waals surface area contributed by atoms with E-state index in [1.54, 1.807) is 12.1 Å². The topological polar surface area (TPSA) is 68.3 Å².